The van der Waals surface area contributed by atoms with E-state index >= 15 is 0 Å². The molecule has 0 saturated heterocycles. The monoisotopic (exact) mass is 381 g/mol. The van der Waals surface area contributed by atoms with Gasteiger partial charge in [0.05, 0.1) is 10.2 Å². The molecule has 0 spiro atoms. The van der Waals surface area contributed by atoms with Crippen LogP contribution in [0.5, 0.6) is 0 Å². The van der Waals surface area contributed by atoms with Crippen LogP contribution in [0.3, 0.4) is 0 Å². The van der Waals surface area contributed by atoms with Crippen molar-refractivity contribution in [2.24, 2.45) is 0 Å². The Bertz CT molecular complexity index is 1220. The first-order chi connectivity index (χ1) is 13.8. The van der Waals surface area contributed by atoms with Crippen molar-refractivity contribution in [2.45, 2.75) is 0 Å². The second-order valence-electron chi connectivity index (χ2n) is 6.65. The Labute approximate surface area is 166 Å². The van der Waals surface area contributed by atoms with E-state index in [0.717, 1.165) is 38.3 Å². The molecule has 0 atom stereocenters. The Morgan fingerprint density at radius 3 is 1.82 bits per heavy atom. The van der Waals surface area contributed by atoms with E-state index in [1.54, 1.807) is 23.5 Å². The third-order valence-electron chi connectivity index (χ3n) is 4.80. The van der Waals surface area contributed by atoms with E-state index in [0.29, 0.717) is 0 Å². The number of benzene rings is 4. The molecule has 1 heterocycles. The molecule has 0 unspecified atom stereocenters. The van der Waals surface area contributed by atoms with Crippen LogP contribution in [0.15, 0.2) is 97.1 Å². The van der Waals surface area contributed by atoms with Gasteiger partial charge in [0.25, 0.3) is 0 Å². The molecular weight excluding hydrogens is 365 g/mol. The molecule has 0 amide bonds. The third kappa shape index (κ3) is 3.21. The lowest BCUT2D eigenvalue weighted by molar-refractivity contribution is 0.628. The number of hydrogen-bond acceptors (Lipinski definition) is 2. The predicted octanol–water partition coefficient (Wildman–Crippen LogP) is 7.44. The average Bonchev–Trinajstić information content (AvgIpc) is 3.18. The second-order valence-corrected chi connectivity index (χ2v) is 7.68. The van der Waals surface area contributed by atoms with Gasteiger partial charge >= 0.3 is 0 Å². The van der Waals surface area contributed by atoms with Crippen LogP contribution in [0.1, 0.15) is 0 Å². The summed E-state index contributed by atoms with van der Waals surface area (Å²) in [5, 5.41) is 1.04. The molecule has 0 saturated carbocycles. The zero-order valence-corrected chi connectivity index (χ0v) is 15.8. The van der Waals surface area contributed by atoms with Crippen molar-refractivity contribution in [1.82, 2.24) is 4.98 Å². The van der Waals surface area contributed by atoms with Crippen LogP contribution in [0, 0.1) is 5.82 Å². The Hall–Kier alpha value is -3.30. The van der Waals surface area contributed by atoms with Gasteiger partial charge in [0, 0.05) is 5.56 Å². The van der Waals surface area contributed by atoms with Gasteiger partial charge < -0.3 is 0 Å². The summed E-state index contributed by atoms with van der Waals surface area (Å²) in [6.45, 7) is 0. The van der Waals surface area contributed by atoms with Crippen LogP contribution in [0.25, 0.3) is 43.0 Å². The van der Waals surface area contributed by atoms with Gasteiger partial charge in [0.2, 0.25) is 0 Å². The minimum absolute atomic E-state index is 0.216. The summed E-state index contributed by atoms with van der Waals surface area (Å²) in [7, 11) is 0. The van der Waals surface area contributed by atoms with Gasteiger partial charge in [-0.2, -0.15) is 0 Å². The Kier molecular flexibility index (Phi) is 4.22. The Balaban J connectivity index is 1.42. The van der Waals surface area contributed by atoms with Gasteiger partial charge in [-0.3, -0.25) is 0 Å². The molecule has 5 rings (SSSR count). The fourth-order valence-electron chi connectivity index (χ4n) is 3.32. The van der Waals surface area contributed by atoms with Gasteiger partial charge in [0.15, 0.2) is 0 Å². The van der Waals surface area contributed by atoms with Crippen LogP contribution in [0.4, 0.5) is 4.39 Å². The topological polar surface area (TPSA) is 12.9 Å². The van der Waals surface area contributed by atoms with Crippen molar-refractivity contribution in [2.75, 3.05) is 0 Å². The summed E-state index contributed by atoms with van der Waals surface area (Å²) < 4.78 is 14.6. The van der Waals surface area contributed by atoms with E-state index in [2.05, 4.69) is 42.5 Å². The van der Waals surface area contributed by atoms with Crippen LogP contribution in [-0.4, -0.2) is 4.98 Å². The molecule has 0 aliphatic heterocycles. The summed E-state index contributed by atoms with van der Waals surface area (Å²) in [5.74, 6) is -0.216. The van der Waals surface area contributed by atoms with Crippen LogP contribution in [0.2, 0.25) is 0 Å². The maximum atomic E-state index is 13.4. The van der Waals surface area contributed by atoms with Gasteiger partial charge in [-0.05, 0) is 46.5 Å². The molecular formula is C25H16FNS. The highest BCUT2D eigenvalue weighted by Gasteiger charge is 2.07. The minimum Gasteiger partial charge on any atom is -0.236 e. The number of hydrogen-bond donors (Lipinski definition) is 0. The van der Waals surface area contributed by atoms with Crippen molar-refractivity contribution >= 4 is 21.6 Å². The van der Waals surface area contributed by atoms with Crippen molar-refractivity contribution in [3.05, 3.63) is 103 Å². The Morgan fingerprint density at radius 1 is 0.571 bits per heavy atom. The maximum absolute atomic E-state index is 13.4. The number of thiazole rings is 1. The van der Waals surface area contributed by atoms with E-state index in [1.165, 1.54) is 10.8 Å². The second kappa shape index (κ2) is 7.02. The van der Waals surface area contributed by atoms with E-state index in [9.17, 15) is 4.39 Å². The standard InChI is InChI=1S/C25H16FNS/c26-22-5-3-4-21(16-22)19-10-8-17(9-11-19)18-12-14-20(15-13-18)25-27-23-6-1-2-7-24(23)28-25/h1-16H. The van der Waals surface area contributed by atoms with Crippen molar-refractivity contribution < 1.29 is 4.39 Å². The van der Waals surface area contributed by atoms with Crippen molar-refractivity contribution in [1.29, 1.82) is 0 Å². The molecule has 0 bridgehead atoms. The summed E-state index contributed by atoms with van der Waals surface area (Å²) in [6.07, 6.45) is 0. The van der Waals surface area contributed by atoms with Crippen LogP contribution >= 0.6 is 11.3 Å². The van der Waals surface area contributed by atoms with Crippen LogP contribution in [-0.2, 0) is 0 Å². The SMILES string of the molecule is Fc1cccc(-c2ccc(-c3ccc(-c4nc5ccccc5s4)cc3)cc2)c1. The highest BCUT2D eigenvalue weighted by molar-refractivity contribution is 7.21. The van der Waals surface area contributed by atoms with E-state index in [4.69, 9.17) is 4.98 Å². The Morgan fingerprint density at radius 2 is 1.18 bits per heavy atom. The highest BCUT2D eigenvalue weighted by atomic mass is 32.1. The van der Waals surface area contributed by atoms with Gasteiger partial charge in [0.1, 0.15) is 10.8 Å². The summed E-state index contributed by atoms with van der Waals surface area (Å²) >= 11 is 1.71. The molecule has 0 N–H and O–H groups in total. The molecule has 0 aliphatic carbocycles. The fourth-order valence-corrected chi connectivity index (χ4v) is 4.30. The number of halogens is 1. The lowest BCUT2D eigenvalue weighted by atomic mass is 9.99. The van der Waals surface area contributed by atoms with E-state index in [1.807, 2.05) is 36.4 Å². The lowest BCUT2D eigenvalue weighted by Gasteiger charge is -2.06. The number of nitrogens with zero attached hydrogens (tertiary/aromatic N) is 1. The lowest BCUT2D eigenvalue weighted by Crippen LogP contribution is -1.82. The predicted molar refractivity (Wildman–Crippen MR) is 116 cm³/mol. The fraction of sp³-hybridized carbons (Fsp3) is 0. The van der Waals surface area contributed by atoms with Crippen molar-refractivity contribution in [3.63, 3.8) is 0 Å². The first-order valence-electron chi connectivity index (χ1n) is 9.09. The smallest absolute Gasteiger partial charge is 0.124 e. The van der Waals surface area contributed by atoms with Crippen LogP contribution < -0.4 is 0 Å². The summed E-state index contributed by atoms with van der Waals surface area (Å²) in [6, 6.07) is 31.6. The zero-order chi connectivity index (χ0) is 18.9. The highest BCUT2D eigenvalue weighted by Crippen LogP contribution is 2.32. The number of para-hydroxylation sites is 1. The number of fused-ring (bicyclic) bond motifs is 1. The van der Waals surface area contributed by atoms with Gasteiger partial charge in [-0.1, -0.05) is 72.8 Å². The first-order valence-corrected chi connectivity index (χ1v) is 9.90. The molecule has 0 aliphatic rings. The molecule has 1 aromatic heterocycles. The first kappa shape index (κ1) is 16.8. The van der Waals surface area contributed by atoms with Crippen molar-refractivity contribution in [3.8, 4) is 32.8 Å². The quantitative estimate of drug-likeness (QED) is 0.316. The molecule has 3 heteroatoms. The van der Waals surface area contributed by atoms with Gasteiger partial charge in [-0.15, -0.1) is 11.3 Å². The van der Waals surface area contributed by atoms with Gasteiger partial charge in [-0.25, -0.2) is 9.37 Å². The largest absolute Gasteiger partial charge is 0.236 e. The van der Waals surface area contributed by atoms with E-state index < -0.39 is 0 Å². The molecule has 0 radical (unpaired) electrons. The molecule has 0 fully saturated rings. The average molecular weight is 381 g/mol. The third-order valence-corrected chi connectivity index (χ3v) is 5.89. The van der Waals surface area contributed by atoms with E-state index in [-0.39, 0.29) is 5.82 Å². The minimum atomic E-state index is -0.216. The molecule has 28 heavy (non-hydrogen) atoms. The molecule has 4 aromatic carbocycles. The normalized spacial score (nSPS) is 11.0. The molecule has 134 valence electrons. The maximum Gasteiger partial charge on any atom is 0.124 e. The number of rotatable bonds is 3. The number of aromatic nitrogens is 1. The molecule has 5 aromatic rings. The summed E-state index contributed by atoms with van der Waals surface area (Å²) in [5.41, 5.74) is 6.35. The molecule has 1 nitrogen and oxygen atoms in total. The summed E-state index contributed by atoms with van der Waals surface area (Å²) in [4.78, 5) is 4.73. The zero-order valence-electron chi connectivity index (χ0n) is 15.0.